The van der Waals surface area contributed by atoms with Crippen LogP contribution in [-0.2, 0) is 20.0 Å². The van der Waals surface area contributed by atoms with E-state index >= 15 is 0 Å². The van der Waals surface area contributed by atoms with Crippen molar-refractivity contribution in [1.29, 1.82) is 0 Å². The van der Waals surface area contributed by atoms with E-state index < -0.39 is 30.8 Å². The van der Waals surface area contributed by atoms with Crippen LogP contribution in [0.15, 0.2) is 28.0 Å². The number of sulfonamides is 2. The number of hydrogen-bond acceptors (Lipinski definition) is 4. The molecular formula is C17H21FN2O4S2. The highest BCUT2D eigenvalue weighted by molar-refractivity contribution is 7.92. The maximum atomic E-state index is 14.2. The third kappa shape index (κ3) is 3.60. The highest BCUT2D eigenvalue weighted by atomic mass is 32.2. The third-order valence-corrected chi connectivity index (χ3v) is 7.26. The molecule has 2 aromatic carbocycles. The molecule has 2 aromatic rings. The van der Waals surface area contributed by atoms with Gasteiger partial charge >= 0.3 is 0 Å². The second kappa shape index (κ2) is 6.64. The SMILES string of the molecule is Cc1c(C)c(C)c(S(=O)(=O)Nc2ccc(S(N)(=O)=O)cc2F)c(C)c1C. The molecule has 2 rings (SSSR count). The largest absolute Gasteiger partial charge is 0.277 e. The lowest BCUT2D eigenvalue weighted by atomic mass is 9.95. The lowest BCUT2D eigenvalue weighted by Gasteiger charge is -2.19. The number of benzene rings is 2. The van der Waals surface area contributed by atoms with Gasteiger partial charge in [0.05, 0.1) is 15.5 Å². The van der Waals surface area contributed by atoms with Crippen LogP contribution in [0.5, 0.6) is 0 Å². The van der Waals surface area contributed by atoms with Crippen LogP contribution in [0, 0.1) is 40.4 Å². The molecule has 0 radical (unpaired) electrons. The van der Waals surface area contributed by atoms with Gasteiger partial charge in [-0.15, -0.1) is 0 Å². The fourth-order valence-electron chi connectivity index (χ4n) is 2.82. The van der Waals surface area contributed by atoms with Crippen LogP contribution >= 0.6 is 0 Å². The molecule has 0 amide bonds. The van der Waals surface area contributed by atoms with Crippen molar-refractivity contribution in [2.75, 3.05) is 4.72 Å². The van der Waals surface area contributed by atoms with Crippen LogP contribution < -0.4 is 9.86 Å². The van der Waals surface area contributed by atoms with Gasteiger partial charge in [0.2, 0.25) is 10.0 Å². The number of hydrogen-bond donors (Lipinski definition) is 2. The molecule has 0 unspecified atom stereocenters. The molecule has 0 aliphatic heterocycles. The summed E-state index contributed by atoms with van der Waals surface area (Å²) in [4.78, 5) is -0.347. The van der Waals surface area contributed by atoms with Crippen molar-refractivity contribution in [3.8, 4) is 0 Å². The second-order valence-corrected chi connectivity index (χ2v) is 9.43. The first kappa shape index (κ1) is 20.3. The van der Waals surface area contributed by atoms with Gasteiger partial charge in [-0.3, -0.25) is 4.72 Å². The number of primary sulfonamides is 1. The standard InChI is InChI=1S/C17H21FN2O4S2/c1-9-10(2)12(4)17(13(5)11(9)3)26(23,24)20-16-7-6-14(8-15(16)18)25(19,21)22/h6-8,20H,1-5H3,(H2,19,21,22). The van der Waals surface area contributed by atoms with E-state index in [0.717, 1.165) is 28.8 Å². The zero-order chi connectivity index (χ0) is 20.0. The molecule has 142 valence electrons. The van der Waals surface area contributed by atoms with Gasteiger partial charge < -0.3 is 0 Å². The first-order chi connectivity index (χ1) is 11.8. The van der Waals surface area contributed by atoms with E-state index in [1.165, 1.54) is 0 Å². The Kier molecular flexibility index (Phi) is 5.19. The van der Waals surface area contributed by atoms with Crippen molar-refractivity contribution in [1.82, 2.24) is 0 Å². The number of rotatable bonds is 4. The summed E-state index contributed by atoms with van der Waals surface area (Å²) in [6.45, 7) is 8.98. The molecule has 6 nitrogen and oxygen atoms in total. The smallest absolute Gasteiger partial charge is 0.262 e. The van der Waals surface area contributed by atoms with E-state index in [-0.39, 0.29) is 10.6 Å². The molecule has 0 spiro atoms. The van der Waals surface area contributed by atoms with Gasteiger partial charge in [-0.25, -0.2) is 26.4 Å². The zero-order valence-corrected chi connectivity index (χ0v) is 16.8. The Bertz CT molecular complexity index is 1080. The first-order valence-corrected chi connectivity index (χ1v) is 10.7. The van der Waals surface area contributed by atoms with E-state index in [2.05, 4.69) is 4.72 Å². The molecule has 0 saturated carbocycles. The Hall–Kier alpha value is -1.97. The topological polar surface area (TPSA) is 106 Å². The van der Waals surface area contributed by atoms with Crippen molar-refractivity contribution in [3.63, 3.8) is 0 Å². The van der Waals surface area contributed by atoms with Crippen molar-refractivity contribution in [2.45, 2.75) is 44.4 Å². The van der Waals surface area contributed by atoms with E-state index in [1.807, 2.05) is 20.8 Å². The fraction of sp³-hybridized carbons (Fsp3) is 0.294. The van der Waals surface area contributed by atoms with E-state index in [4.69, 9.17) is 5.14 Å². The second-order valence-electron chi connectivity index (χ2n) is 6.25. The van der Waals surface area contributed by atoms with Gasteiger partial charge in [0.1, 0.15) is 5.82 Å². The molecule has 0 aliphatic rings. The summed E-state index contributed by atoms with van der Waals surface area (Å²) in [5, 5.41) is 4.95. The third-order valence-electron chi connectivity index (χ3n) is 4.71. The average molecular weight is 400 g/mol. The quantitative estimate of drug-likeness (QED) is 0.823. The predicted molar refractivity (Wildman–Crippen MR) is 98.7 cm³/mol. The highest BCUT2D eigenvalue weighted by Gasteiger charge is 2.25. The summed E-state index contributed by atoms with van der Waals surface area (Å²) in [5.74, 6) is -1.03. The van der Waals surface area contributed by atoms with E-state index in [0.29, 0.717) is 17.2 Å². The summed E-state index contributed by atoms with van der Waals surface area (Å²) < 4.78 is 64.7. The highest BCUT2D eigenvalue weighted by Crippen LogP contribution is 2.31. The predicted octanol–water partition coefficient (Wildman–Crippen LogP) is 2.82. The Morgan fingerprint density at radius 1 is 0.846 bits per heavy atom. The van der Waals surface area contributed by atoms with Crippen LogP contribution in [0.4, 0.5) is 10.1 Å². The Labute approximate surface area is 153 Å². The average Bonchev–Trinajstić information content (AvgIpc) is 2.51. The molecule has 0 atom stereocenters. The number of nitrogens with two attached hydrogens (primary N) is 1. The Morgan fingerprint density at radius 3 is 1.73 bits per heavy atom. The first-order valence-electron chi connectivity index (χ1n) is 7.69. The summed E-state index contributed by atoms with van der Waals surface area (Å²) >= 11 is 0. The van der Waals surface area contributed by atoms with Crippen LogP contribution in [0.2, 0.25) is 0 Å². The van der Waals surface area contributed by atoms with Crippen molar-refractivity contribution in [3.05, 3.63) is 51.8 Å². The summed E-state index contributed by atoms with van der Waals surface area (Å²) in [6, 6.07) is 2.76. The van der Waals surface area contributed by atoms with E-state index in [1.54, 1.807) is 13.8 Å². The zero-order valence-electron chi connectivity index (χ0n) is 15.1. The minimum atomic E-state index is -4.08. The minimum absolute atomic E-state index is 0.0908. The van der Waals surface area contributed by atoms with Crippen LogP contribution in [0.3, 0.4) is 0 Å². The summed E-state index contributed by atoms with van der Waals surface area (Å²) in [7, 11) is -8.16. The van der Waals surface area contributed by atoms with Gasteiger partial charge in [-0.05, 0) is 80.6 Å². The van der Waals surface area contributed by atoms with Crippen molar-refractivity contribution in [2.24, 2.45) is 5.14 Å². The summed E-state index contributed by atoms with van der Waals surface area (Å²) in [6.07, 6.45) is 0. The molecule has 26 heavy (non-hydrogen) atoms. The molecule has 0 bridgehead atoms. The Balaban J connectivity index is 2.58. The molecular weight excluding hydrogens is 379 g/mol. The maximum Gasteiger partial charge on any atom is 0.262 e. The van der Waals surface area contributed by atoms with Gasteiger partial charge in [0.25, 0.3) is 10.0 Å². The van der Waals surface area contributed by atoms with Crippen LogP contribution in [-0.4, -0.2) is 16.8 Å². The monoisotopic (exact) mass is 400 g/mol. The maximum absolute atomic E-state index is 14.2. The molecule has 0 heterocycles. The normalized spacial score (nSPS) is 12.3. The minimum Gasteiger partial charge on any atom is -0.277 e. The number of anilines is 1. The van der Waals surface area contributed by atoms with Gasteiger partial charge in [-0.1, -0.05) is 0 Å². The Morgan fingerprint density at radius 2 is 1.31 bits per heavy atom. The number of halogens is 1. The molecule has 3 N–H and O–H groups in total. The summed E-state index contributed by atoms with van der Waals surface area (Å²) in [5.41, 5.74) is 3.51. The fourth-order valence-corrected chi connectivity index (χ4v) is 5.02. The van der Waals surface area contributed by atoms with Crippen LogP contribution in [0.1, 0.15) is 27.8 Å². The van der Waals surface area contributed by atoms with Crippen molar-refractivity contribution >= 4 is 25.7 Å². The number of nitrogens with one attached hydrogen (secondary N) is 1. The lowest BCUT2D eigenvalue weighted by Crippen LogP contribution is -2.19. The molecule has 0 aliphatic carbocycles. The molecule has 9 heteroatoms. The molecule has 0 fully saturated rings. The lowest BCUT2D eigenvalue weighted by molar-refractivity contribution is 0.592. The van der Waals surface area contributed by atoms with Gasteiger partial charge in [-0.2, -0.15) is 0 Å². The van der Waals surface area contributed by atoms with Crippen LogP contribution in [0.25, 0.3) is 0 Å². The molecule has 0 saturated heterocycles. The van der Waals surface area contributed by atoms with Crippen molar-refractivity contribution < 1.29 is 21.2 Å². The molecule has 0 aromatic heterocycles. The van der Waals surface area contributed by atoms with Gasteiger partial charge in [0, 0.05) is 0 Å². The van der Waals surface area contributed by atoms with Gasteiger partial charge in [0.15, 0.2) is 0 Å². The van der Waals surface area contributed by atoms with E-state index in [9.17, 15) is 21.2 Å².